The Kier molecular flexibility index (Phi) is 6.50. The standard InChI is InChI=1S/C24H28N4O3/c1-28(2)15-19-12-21(19)24(29)27-23-13-17(5-8-26-23)16-3-4-22(18(11-16)14-25)31-20-6-9-30-10-7-20/h3-5,8,11,13,19-21H,6-7,9-10,12,15H2,1-2H3,(H,26,27,29)/t19-,21+/m0/s1. The first-order valence-corrected chi connectivity index (χ1v) is 10.7. The summed E-state index contributed by atoms with van der Waals surface area (Å²) in [7, 11) is 4.04. The predicted octanol–water partition coefficient (Wildman–Crippen LogP) is 3.31. The quantitative estimate of drug-likeness (QED) is 0.739. The van der Waals surface area contributed by atoms with Crippen molar-refractivity contribution in [2.45, 2.75) is 25.4 Å². The van der Waals surface area contributed by atoms with Gasteiger partial charge in [0.1, 0.15) is 23.7 Å². The Morgan fingerprint density at radius 2 is 2.03 bits per heavy atom. The van der Waals surface area contributed by atoms with Gasteiger partial charge in [0.05, 0.1) is 18.8 Å². The molecule has 1 saturated heterocycles. The molecule has 1 aromatic carbocycles. The van der Waals surface area contributed by atoms with Crippen molar-refractivity contribution in [2.75, 3.05) is 39.2 Å². The van der Waals surface area contributed by atoms with E-state index in [1.54, 1.807) is 6.20 Å². The molecular formula is C24H28N4O3. The number of carbonyl (C=O) groups excluding carboxylic acids is 1. The molecule has 1 aliphatic heterocycles. The number of hydrogen-bond acceptors (Lipinski definition) is 6. The van der Waals surface area contributed by atoms with Crippen LogP contribution >= 0.6 is 0 Å². The van der Waals surface area contributed by atoms with E-state index in [0.29, 0.717) is 36.3 Å². The third-order valence-electron chi connectivity index (χ3n) is 5.77. The Bertz CT molecular complexity index is 979. The number of aromatic nitrogens is 1. The molecule has 1 amide bonds. The van der Waals surface area contributed by atoms with Crippen LogP contribution in [0.3, 0.4) is 0 Å². The maximum absolute atomic E-state index is 12.5. The summed E-state index contributed by atoms with van der Waals surface area (Å²) in [4.78, 5) is 18.9. The normalized spacial score (nSPS) is 20.8. The molecule has 7 nitrogen and oxygen atoms in total. The zero-order chi connectivity index (χ0) is 21.8. The van der Waals surface area contributed by atoms with E-state index in [-0.39, 0.29) is 17.9 Å². The summed E-state index contributed by atoms with van der Waals surface area (Å²) in [5, 5.41) is 12.6. The molecule has 1 aromatic heterocycles. The van der Waals surface area contributed by atoms with E-state index in [1.165, 1.54) is 0 Å². The number of nitrogens with one attached hydrogen (secondary N) is 1. The Balaban J connectivity index is 1.44. The highest BCUT2D eigenvalue weighted by Gasteiger charge is 2.43. The van der Waals surface area contributed by atoms with Gasteiger partial charge in [-0.15, -0.1) is 0 Å². The van der Waals surface area contributed by atoms with E-state index in [0.717, 1.165) is 36.9 Å². The van der Waals surface area contributed by atoms with Crippen LogP contribution in [0.15, 0.2) is 36.5 Å². The minimum atomic E-state index is 0.0226. The van der Waals surface area contributed by atoms with Gasteiger partial charge in [0, 0.05) is 31.5 Å². The van der Waals surface area contributed by atoms with Crippen molar-refractivity contribution in [3.63, 3.8) is 0 Å². The predicted molar refractivity (Wildman–Crippen MR) is 118 cm³/mol. The minimum Gasteiger partial charge on any atom is -0.489 e. The smallest absolute Gasteiger partial charge is 0.228 e. The van der Waals surface area contributed by atoms with E-state index >= 15 is 0 Å². The number of nitriles is 1. The molecule has 0 spiro atoms. The lowest BCUT2D eigenvalue weighted by Gasteiger charge is -2.23. The number of nitrogens with zero attached hydrogens (tertiary/aromatic N) is 3. The molecule has 162 valence electrons. The molecule has 0 bridgehead atoms. The third-order valence-corrected chi connectivity index (χ3v) is 5.77. The number of rotatable bonds is 7. The first kappa shape index (κ1) is 21.3. The third kappa shape index (κ3) is 5.40. The monoisotopic (exact) mass is 420 g/mol. The van der Waals surface area contributed by atoms with Crippen molar-refractivity contribution in [1.29, 1.82) is 5.26 Å². The molecule has 1 aliphatic carbocycles. The van der Waals surface area contributed by atoms with Crippen molar-refractivity contribution >= 4 is 11.7 Å². The fraction of sp³-hybridized carbons (Fsp3) is 0.458. The molecule has 0 unspecified atom stereocenters. The van der Waals surface area contributed by atoms with Crippen LogP contribution in [0.1, 0.15) is 24.8 Å². The Labute approximate surface area is 183 Å². The summed E-state index contributed by atoms with van der Waals surface area (Å²) in [6.07, 6.45) is 4.33. The fourth-order valence-electron chi connectivity index (χ4n) is 4.01. The Morgan fingerprint density at radius 1 is 1.26 bits per heavy atom. The van der Waals surface area contributed by atoms with Crippen molar-refractivity contribution in [1.82, 2.24) is 9.88 Å². The highest BCUT2D eigenvalue weighted by atomic mass is 16.5. The van der Waals surface area contributed by atoms with Crippen molar-refractivity contribution in [2.24, 2.45) is 11.8 Å². The van der Waals surface area contributed by atoms with E-state index in [1.807, 2.05) is 44.4 Å². The largest absolute Gasteiger partial charge is 0.489 e. The Morgan fingerprint density at radius 3 is 2.77 bits per heavy atom. The highest BCUT2D eigenvalue weighted by molar-refractivity contribution is 5.94. The molecule has 1 N–H and O–H groups in total. The zero-order valence-corrected chi connectivity index (χ0v) is 18.0. The van der Waals surface area contributed by atoms with Crippen LogP contribution in [0, 0.1) is 23.2 Å². The van der Waals surface area contributed by atoms with Crippen LogP contribution in [0.25, 0.3) is 11.1 Å². The number of pyridine rings is 1. The second kappa shape index (κ2) is 9.46. The lowest BCUT2D eigenvalue weighted by atomic mass is 10.0. The molecule has 7 heteroatoms. The first-order valence-electron chi connectivity index (χ1n) is 10.7. The summed E-state index contributed by atoms with van der Waals surface area (Å²) < 4.78 is 11.4. The molecule has 2 aromatic rings. The molecule has 2 heterocycles. The zero-order valence-electron chi connectivity index (χ0n) is 18.0. The van der Waals surface area contributed by atoms with Gasteiger partial charge < -0.3 is 19.7 Å². The number of benzene rings is 1. The van der Waals surface area contributed by atoms with Gasteiger partial charge in [-0.25, -0.2) is 4.98 Å². The van der Waals surface area contributed by atoms with Gasteiger partial charge in [-0.3, -0.25) is 4.79 Å². The molecule has 1 saturated carbocycles. The van der Waals surface area contributed by atoms with Gasteiger partial charge in [-0.05, 0) is 61.8 Å². The van der Waals surface area contributed by atoms with Crippen molar-refractivity contribution in [3.8, 4) is 22.9 Å². The van der Waals surface area contributed by atoms with Crippen LogP contribution < -0.4 is 10.1 Å². The first-order chi connectivity index (χ1) is 15.0. The number of carbonyl (C=O) groups is 1. The summed E-state index contributed by atoms with van der Waals surface area (Å²) >= 11 is 0. The van der Waals surface area contributed by atoms with E-state index in [2.05, 4.69) is 21.3 Å². The highest BCUT2D eigenvalue weighted by Crippen LogP contribution is 2.39. The lowest BCUT2D eigenvalue weighted by Crippen LogP contribution is -2.26. The molecule has 2 aliphatic rings. The summed E-state index contributed by atoms with van der Waals surface area (Å²) in [5.74, 6) is 1.62. The molecule has 31 heavy (non-hydrogen) atoms. The topological polar surface area (TPSA) is 87.5 Å². The van der Waals surface area contributed by atoms with Gasteiger partial charge in [-0.1, -0.05) is 6.07 Å². The van der Waals surface area contributed by atoms with Gasteiger partial charge >= 0.3 is 0 Å². The second-order valence-corrected chi connectivity index (χ2v) is 8.54. The van der Waals surface area contributed by atoms with E-state index in [4.69, 9.17) is 9.47 Å². The van der Waals surface area contributed by atoms with Gasteiger partial charge in [0.15, 0.2) is 0 Å². The number of hydrogen-bond donors (Lipinski definition) is 1. The van der Waals surface area contributed by atoms with Crippen molar-refractivity contribution < 1.29 is 14.3 Å². The van der Waals surface area contributed by atoms with E-state index < -0.39 is 0 Å². The summed E-state index contributed by atoms with van der Waals surface area (Å²) in [5.41, 5.74) is 2.27. The number of amides is 1. The maximum atomic E-state index is 12.5. The second-order valence-electron chi connectivity index (χ2n) is 8.54. The summed E-state index contributed by atoms with van der Waals surface area (Å²) in [6.45, 7) is 2.30. The van der Waals surface area contributed by atoms with Gasteiger partial charge in [0.25, 0.3) is 0 Å². The van der Waals surface area contributed by atoms with Crippen LogP contribution in [0.5, 0.6) is 5.75 Å². The molecule has 2 atom stereocenters. The summed E-state index contributed by atoms with van der Waals surface area (Å²) in [6, 6.07) is 11.6. The van der Waals surface area contributed by atoms with Crippen molar-refractivity contribution in [3.05, 3.63) is 42.1 Å². The average Bonchev–Trinajstić information content (AvgIpc) is 3.53. The molecular weight excluding hydrogens is 392 g/mol. The van der Waals surface area contributed by atoms with Gasteiger partial charge in [-0.2, -0.15) is 5.26 Å². The maximum Gasteiger partial charge on any atom is 0.228 e. The van der Waals surface area contributed by atoms with Gasteiger partial charge in [0.2, 0.25) is 5.91 Å². The molecule has 0 radical (unpaired) electrons. The molecule has 2 fully saturated rings. The molecule has 4 rings (SSSR count). The van der Waals surface area contributed by atoms with Crippen LogP contribution in [-0.2, 0) is 9.53 Å². The van der Waals surface area contributed by atoms with E-state index in [9.17, 15) is 10.1 Å². The number of anilines is 1. The number of ether oxygens (including phenoxy) is 2. The Hall–Kier alpha value is -2.95. The van der Waals surface area contributed by atoms with Crippen LogP contribution in [0.4, 0.5) is 5.82 Å². The fourth-order valence-corrected chi connectivity index (χ4v) is 4.01. The average molecular weight is 421 g/mol. The van der Waals surface area contributed by atoms with Crippen LogP contribution in [0.2, 0.25) is 0 Å². The SMILES string of the molecule is CN(C)C[C@@H]1C[C@H]1C(=O)Nc1cc(-c2ccc(OC3CCOCC3)c(C#N)c2)ccn1. The lowest BCUT2D eigenvalue weighted by molar-refractivity contribution is -0.117. The van der Waals surface area contributed by atoms with Crippen LogP contribution in [-0.4, -0.2) is 55.7 Å². The minimum absolute atomic E-state index is 0.0226.